The minimum atomic E-state index is -0.400. The monoisotopic (exact) mass is 387 g/mol. The molecule has 0 fully saturated rings. The van der Waals surface area contributed by atoms with Crippen LogP contribution in [0.5, 0.6) is 0 Å². The number of carbonyl (C=O) groups is 1. The van der Waals surface area contributed by atoms with E-state index >= 15 is 0 Å². The zero-order chi connectivity index (χ0) is 19.8. The molecular weight excluding hydrogens is 369 g/mol. The number of hydrogen-bond donors (Lipinski definition) is 1. The van der Waals surface area contributed by atoms with E-state index in [2.05, 4.69) is 9.97 Å². The van der Waals surface area contributed by atoms with Gasteiger partial charge in [-0.15, -0.1) is 0 Å². The van der Waals surface area contributed by atoms with Gasteiger partial charge < -0.3 is 14.3 Å². The predicted molar refractivity (Wildman–Crippen MR) is 107 cm³/mol. The van der Waals surface area contributed by atoms with Gasteiger partial charge in [-0.3, -0.25) is 4.79 Å². The maximum absolute atomic E-state index is 13.1. The van der Waals surface area contributed by atoms with Gasteiger partial charge in [0, 0.05) is 30.1 Å². The van der Waals surface area contributed by atoms with Crippen molar-refractivity contribution in [3.8, 4) is 0 Å². The summed E-state index contributed by atoms with van der Waals surface area (Å²) in [6.45, 7) is 0.545. The normalized spacial score (nSPS) is 16.4. The summed E-state index contributed by atoms with van der Waals surface area (Å²) in [5, 5.41) is 0.986. The fourth-order valence-electron chi connectivity index (χ4n) is 3.78. The van der Waals surface area contributed by atoms with Crippen LogP contribution in [0.25, 0.3) is 17.0 Å². The Morgan fingerprint density at radius 3 is 2.86 bits per heavy atom. The second kappa shape index (κ2) is 7.05. The number of H-pyrrole nitrogens is 1. The van der Waals surface area contributed by atoms with Crippen molar-refractivity contribution in [1.29, 1.82) is 0 Å². The van der Waals surface area contributed by atoms with Crippen molar-refractivity contribution >= 4 is 23.0 Å². The van der Waals surface area contributed by atoms with Crippen LogP contribution in [0.1, 0.15) is 28.8 Å². The molecule has 1 aliphatic rings. The lowest BCUT2D eigenvalue weighted by molar-refractivity contribution is -0.128. The highest BCUT2D eigenvalue weighted by molar-refractivity contribution is 5.92. The summed E-state index contributed by atoms with van der Waals surface area (Å²) in [5.41, 5.74) is 3.36. The number of carbonyl (C=O) groups excluding carboxylic acids is 1. The highest BCUT2D eigenvalue weighted by atomic mass is 19.1. The maximum atomic E-state index is 13.1. The van der Waals surface area contributed by atoms with Crippen molar-refractivity contribution in [2.75, 3.05) is 6.54 Å². The molecule has 0 spiro atoms. The molecule has 1 amide bonds. The third-order valence-electron chi connectivity index (χ3n) is 5.21. The Kier molecular flexibility index (Phi) is 4.24. The first-order chi connectivity index (χ1) is 14.2. The Labute approximate surface area is 166 Å². The Bertz CT molecular complexity index is 1170. The minimum absolute atomic E-state index is 0.145. The third kappa shape index (κ3) is 3.23. The molecule has 0 bridgehead atoms. The van der Waals surface area contributed by atoms with Crippen LogP contribution < -0.4 is 0 Å². The summed E-state index contributed by atoms with van der Waals surface area (Å²) in [7, 11) is 0. The molecule has 3 heterocycles. The summed E-state index contributed by atoms with van der Waals surface area (Å²) in [4.78, 5) is 22.5. The number of furan rings is 1. The van der Waals surface area contributed by atoms with E-state index in [-0.39, 0.29) is 11.7 Å². The number of benzene rings is 2. The largest absolute Gasteiger partial charge is 0.458 e. The Morgan fingerprint density at radius 1 is 1.21 bits per heavy atom. The first kappa shape index (κ1) is 17.4. The lowest BCUT2D eigenvalue weighted by Gasteiger charge is -2.33. The molecule has 0 unspecified atom stereocenters. The van der Waals surface area contributed by atoms with Gasteiger partial charge in [-0.1, -0.05) is 30.3 Å². The SMILES string of the molecule is O=C(/C=C/c1ccc(F)cc1)N1CCc2[nH]cnc2[C@H]1c1cc2ccccc2o1. The number of amides is 1. The van der Waals surface area contributed by atoms with E-state index in [4.69, 9.17) is 4.42 Å². The average molecular weight is 387 g/mol. The van der Waals surface area contributed by atoms with Gasteiger partial charge in [0.25, 0.3) is 0 Å². The van der Waals surface area contributed by atoms with Crippen LogP contribution in [-0.2, 0) is 11.2 Å². The molecule has 4 aromatic rings. The van der Waals surface area contributed by atoms with Crippen LogP contribution >= 0.6 is 0 Å². The zero-order valence-electron chi connectivity index (χ0n) is 15.5. The molecule has 1 N–H and O–H groups in total. The standard InChI is InChI=1S/C23H18FN3O2/c24-17-8-5-15(6-9-17)7-10-21(28)27-12-11-18-22(26-14-25-18)23(27)20-13-16-3-1-2-4-19(16)29-20/h1-10,13-14,23H,11-12H2,(H,25,26)/b10-7+/t23-/m1/s1. The number of para-hydroxylation sites is 1. The molecule has 0 saturated heterocycles. The molecule has 2 aromatic heterocycles. The second-order valence-corrected chi connectivity index (χ2v) is 7.02. The molecule has 0 aliphatic carbocycles. The number of hydrogen-bond acceptors (Lipinski definition) is 3. The van der Waals surface area contributed by atoms with Gasteiger partial charge in [0.1, 0.15) is 23.2 Å². The predicted octanol–water partition coefficient (Wildman–Crippen LogP) is 4.48. The summed E-state index contributed by atoms with van der Waals surface area (Å²) in [5.74, 6) is 0.233. The van der Waals surface area contributed by atoms with E-state index in [1.165, 1.54) is 18.2 Å². The number of halogens is 1. The topological polar surface area (TPSA) is 62.1 Å². The number of rotatable bonds is 3. The molecular formula is C23H18FN3O2. The molecule has 144 valence electrons. The van der Waals surface area contributed by atoms with Gasteiger partial charge in [0.15, 0.2) is 0 Å². The Morgan fingerprint density at radius 2 is 2.03 bits per heavy atom. The van der Waals surface area contributed by atoms with Gasteiger partial charge in [-0.25, -0.2) is 9.37 Å². The molecule has 2 aromatic carbocycles. The maximum Gasteiger partial charge on any atom is 0.247 e. The average Bonchev–Trinajstić information content (AvgIpc) is 3.39. The molecule has 1 aliphatic heterocycles. The summed E-state index contributed by atoms with van der Waals surface area (Å²) < 4.78 is 19.2. The van der Waals surface area contributed by atoms with Crippen LogP contribution in [0, 0.1) is 5.82 Å². The smallest absolute Gasteiger partial charge is 0.247 e. The van der Waals surface area contributed by atoms with E-state index in [1.54, 1.807) is 29.4 Å². The number of nitrogens with zero attached hydrogens (tertiary/aromatic N) is 2. The van der Waals surface area contributed by atoms with Gasteiger partial charge in [0.05, 0.1) is 12.0 Å². The van der Waals surface area contributed by atoms with E-state index in [0.717, 1.165) is 27.9 Å². The zero-order valence-corrected chi connectivity index (χ0v) is 15.5. The molecule has 29 heavy (non-hydrogen) atoms. The van der Waals surface area contributed by atoms with Crippen molar-refractivity contribution in [2.24, 2.45) is 0 Å². The minimum Gasteiger partial charge on any atom is -0.458 e. The number of aromatic nitrogens is 2. The van der Waals surface area contributed by atoms with E-state index in [1.807, 2.05) is 30.3 Å². The lowest BCUT2D eigenvalue weighted by Crippen LogP contribution is -2.39. The van der Waals surface area contributed by atoms with Crippen molar-refractivity contribution in [3.05, 3.63) is 95.5 Å². The van der Waals surface area contributed by atoms with Crippen LogP contribution in [0.4, 0.5) is 4.39 Å². The Hall–Kier alpha value is -3.67. The summed E-state index contributed by atoms with van der Waals surface area (Å²) >= 11 is 0. The summed E-state index contributed by atoms with van der Waals surface area (Å²) in [6.07, 6.45) is 5.56. The lowest BCUT2D eigenvalue weighted by atomic mass is 10.00. The van der Waals surface area contributed by atoms with Gasteiger partial charge in [-0.2, -0.15) is 0 Å². The van der Waals surface area contributed by atoms with Crippen molar-refractivity contribution in [1.82, 2.24) is 14.9 Å². The number of nitrogens with one attached hydrogen (secondary N) is 1. The van der Waals surface area contributed by atoms with Crippen LogP contribution in [0.3, 0.4) is 0 Å². The second-order valence-electron chi connectivity index (χ2n) is 7.02. The number of aromatic amines is 1. The fraction of sp³-hybridized carbons (Fsp3) is 0.130. The molecule has 6 heteroatoms. The first-order valence-electron chi connectivity index (χ1n) is 9.44. The molecule has 0 radical (unpaired) electrons. The molecule has 5 nitrogen and oxygen atoms in total. The molecule has 5 rings (SSSR count). The van der Waals surface area contributed by atoms with Crippen LogP contribution in [0.15, 0.2) is 71.4 Å². The van der Waals surface area contributed by atoms with E-state index in [0.29, 0.717) is 18.7 Å². The van der Waals surface area contributed by atoms with E-state index in [9.17, 15) is 9.18 Å². The van der Waals surface area contributed by atoms with Crippen molar-refractivity contribution in [2.45, 2.75) is 12.5 Å². The van der Waals surface area contributed by atoms with Gasteiger partial charge in [-0.05, 0) is 35.9 Å². The van der Waals surface area contributed by atoms with Crippen LogP contribution in [-0.4, -0.2) is 27.3 Å². The molecule has 1 atom stereocenters. The highest BCUT2D eigenvalue weighted by Crippen LogP contribution is 2.36. The third-order valence-corrected chi connectivity index (χ3v) is 5.21. The first-order valence-corrected chi connectivity index (χ1v) is 9.44. The summed E-state index contributed by atoms with van der Waals surface area (Å²) in [6, 6.07) is 15.4. The van der Waals surface area contributed by atoms with E-state index < -0.39 is 6.04 Å². The number of fused-ring (bicyclic) bond motifs is 2. The van der Waals surface area contributed by atoms with Crippen LogP contribution in [0.2, 0.25) is 0 Å². The van der Waals surface area contributed by atoms with Crippen molar-refractivity contribution in [3.63, 3.8) is 0 Å². The quantitative estimate of drug-likeness (QED) is 0.527. The highest BCUT2D eigenvalue weighted by Gasteiger charge is 2.35. The number of imidazole rings is 1. The fourth-order valence-corrected chi connectivity index (χ4v) is 3.78. The molecule has 0 saturated carbocycles. The van der Waals surface area contributed by atoms with Crippen molar-refractivity contribution < 1.29 is 13.6 Å². The van der Waals surface area contributed by atoms with Gasteiger partial charge >= 0.3 is 0 Å². The Balaban J connectivity index is 1.50. The van der Waals surface area contributed by atoms with Gasteiger partial charge in [0.2, 0.25) is 5.91 Å².